The lowest BCUT2D eigenvalue weighted by molar-refractivity contribution is -0.786. The van der Waals surface area contributed by atoms with Gasteiger partial charge in [0, 0.05) is 37.3 Å². The standard InChI is InChI=1S/C23H23F3N6O3/c24-23(25,26)16-11-17(28-20(33)10-15-4-2-1-3-5-15)13-18(12-16)29-22(34)30-21-14-32(31-35-21)19-6-8-27-9-7-19/h1-5,11-14,19,27H,6-10H2,(H2-,28,29,30,31,33,34)/p+1. The minimum absolute atomic E-state index is 0.0110. The molecule has 0 atom stereocenters. The molecule has 3 aromatic rings. The summed E-state index contributed by atoms with van der Waals surface area (Å²) in [4.78, 5) is 24.7. The second-order valence-electron chi connectivity index (χ2n) is 8.11. The van der Waals surface area contributed by atoms with Crippen molar-refractivity contribution in [2.24, 2.45) is 0 Å². The Hall–Kier alpha value is -3.93. The predicted octanol–water partition coefficient (Wildman–Crippen LogP) is 3.73. The molecule has 0 saturated carbocycles. The van der Waals surface area contributed by atoms with E-state index < -0.39 is 23.7 Å². The van der Waals surface area contributed by atoms with Gasteiger partial charge in [0.2, 0.25) is 11.2 Å². The summed E-state index contributed by atoms with van der Waals surface area (Å²) in [5, 5.41) is 14.4. The van der Waals surface area contributed by atoms with Crippen LogP contribution in [0.2, 0.25) is 0 Å². The van der Waals surface area contributed by atoms with Crippen molar-refractivity contribution in [3.63, 3.8) is 0 Å². The lowest BCUT2D eigenvalue weighted by Crippen LogP contribution is -2.46. The Morgan fingerprint density at radius 2 is 1.71 bits per heavy atom. The number of benzene rings is 2. The number of nitrogens with zero attached hydrogens (tertiary/aromatic N) is 2. The van der Waals surface area contributed by atoms with Gasteiger partial charge in [0.05, 0.1) is 12.0 Å². The van der Waals surface area contributed by atoms with Gasteiger partial charge >= 0.3 is 18.1 Å². The zero-order chi connectivity index (χ0) is 24.8. The summed E-state index contributed by atoms with van der Waals surface area (Å²) < 4.78 is 47.0. The molecule has 0 unspecified atom stereocenters. The smallest absolute Gasteiger partial charge is 0.326 e. The molecule has 4 rings (SSSR count). The Kier molecular flexibility index (Phi) is 7.30. The highest BCUT2D eigenvalue weighted by atomic mass is 19.4. The van der Waals surface area contributed by atoms with Gasteiger partial charge in [0.15, 0.2) is 6.04 Å². The van der Waals surface area contributed by atoms with Crippen LogP contribution in [0.3, 0.4) is 0 Å². The summed E-state index contributed by atoms with van der Waals surface area (Å²) >= 11 is 0. The molecular formula is C23H24F3N6O3+. The van der Waals surface area contributed by atoms with Crippen molar-refractivity contribution in [3.05, 3.63) is 65.9 Å². The molecule has 1 aliphatic rings. The van der Waals surface area contributed by atoms with Gasteiger partial charge in [-0.3, -0.25) is 14.6 Å². The molecule has 12 heteroatoms. The second-order valence-corrected chi connectivity index (χ2v) is 8.11. The maximum atomic E-state index is 13.4. The minimum Gasteiger partial charge on any atom is -0.326 e. The van der Waals surface area contributed by atoms with Crippen molar-refractivity contribution in [3.8, 4) is 0 Å². The van der Waals surface area contributed by atoms with E-state index in [0.717, 1.165) is 38.1 Å². The normalized spacial score (nSPS) is 14.4. The van der Waals surface area contributed by atoms with Gasteiger partial charge in [-0.05, 0) is 28.4 Å². The molecule has 9 nitrogen and oxygen atoms in total. The van der Waals surface area contributed by atoms with Crippen molar-refractivity contribution in [1.82, 2.24) is 10.6 Å². The first-order valence-electron chi connectivity index (χ1n) is 11.0. The first-order valence-corrected chi connectivity index (χ1v) is 11.0. The molecule has 1 aliphatic heterocycles. The molecule has 184 valence electrons. The van der Waals surface area contributed by atoms with E-state index in [1.54, 1.807) is 35.0 Å². The highest BCUT2D eigenvalue weighted by Crippen LogP contribution is 2.33. The maximum absolute atomic E-state index is 13.4. The highest BCUT2D eigenvalue weighted by Gasteiger charge is 2.32. The van der Waals surface area contributed by atoms with E-state index in [4.69, 9.17) is 4.52 Å². The van der Waals surface area contributed by atoms with Gasteiger partial charge in [-0.25, -0.2) is 4.79 Å². The van der Waals surface area contributed by atoms with Gasteiger partial charge in [0.1, 0.15) is 0 Å². The largest absolute Gasteiger partial charge is 0.416 e. The van der Waals surface area contributed by atoms with Crippen LogP contribution in [0.15, 0.2) is 59.3 Å². The number of nitrogens with one attached hydrogen (secondary N) is 4. The topological polar surface area (TPSA) is 112 Å². The Bertz CT molecular complexity index is 1180. The van der Waals surface area contributed by atoms with Crippen molar-refractivity contribution in [1.29, 1.82) is 0 Å². The fourth-order valence-corrected chi connectivity index (χ4v) is 3.75. The molecule has 0 bridgehead atoms. The molecule has 2 heterocycles. The number of carbonyl (C=O) groups is 2. The molecule has 2 aromatic carbocycles. The van der Waals surface area contributed by atoms with Crippen LogP contribution in [0, 0.1) is 0 Å². The number of aromatic nitrogens is 2. The van der Waals surface area contributed by atoms with Gasteiger partial charge in [0.25, 0.3) is 6.20 Å². The van der Waals surface area contributed by atoms with E-state index in [2.05, 4.69) is 26.5 Å². The summed E-state index contributed by atoms with van der Waals surface area (Å²) in [6, 6.07) is 10.9. The number of hydrogen-bond acceptors (Lipinski definition) is 5. The van der Waals surface area contributed by atoms with E-state index in [-0.39, 0.29) is 29.7 Å². The third-order valence-electron chi connectivity index (χ3n) is 5.41. The quantitative estimate of drug-likeness (QED) is 0.394. The van der Waals surface area contributed by atoms with Crippen LogP contribution in [0.4, 0.5) is 35.2 Å². The minimum atomic E-state index is -4.68. The van der Waals surface area contributed by atoms with E-state index in [1.165, 1.54) is 12.3 Å². The lowest BCUT2D eigenvalue weighted by atomic mass is 10.1. The Labute approximate surface area is 198 Å². The van der Waals surface area contributed by atoms with Crippen LogP contribution in [0.5, 0.6) is 0 Å². The average Bonchev–Trinajstić information content (AvgIpc) is 3.28. The molecule has 1 fully saturated rings. The Morgan fingerprint density at radius 1 is 1.03 bits per heavy atom. The predicted molar refractivity (Wildman–Crippen MR) is 121 cm³/mol. The number of hydrogen-bond donors (Lipinski definition) is 4. The fraction of sp³-hybridized carbons (Fsp3) is 0.304. The first-order chi connectivity index (χ1) is 16.8. The number of alkyl halides is 3. The molecule has 0 radical (unpaired) electrons. The molecule has 3 amide bonds. The van der Waals surface area contributed by atoms with Crippen molar-refractivity contribution in [2.75, 3.05) is 29.0 Å². The van der Waals surface area contributed by atoms with E-state index in [9.17, 15) is 22.8 Å². The molecule has 1 saturated heterocycles. The second kappa shape index (κ2) is 10.6. The van der Waals surface area contributed by atoms with Gasteiger partial charge in [-0.15, -0.1) is 0 Å². The first kappa shape index (κ1) is 24.2. The number of rotatable bonds is 6. The van der Waals surface area contributed by atoms with Crippen LogP contribution in [-0.2, 0) is 17.4 Å². The number of urea groups is 1. The summed E-state index contributed by atoms with van der Waals surface area (Å²) in [7, 11) is 0. The molecule has 1 aromatic heterocycles. The number of halogens is 3. The third kappa shape index (κ3) is 6.79. The molecule has 0 spiro atoms. The monoisotopic (exact) mass is 489 g/mol. The van der Waals surface area contributed by atoms with Crippen molar-refractivity contribution in [2.45, 2.75) is 31.5 Å². The number of piperidine rings is 1. The zero-order valence-corrected chi connectivity index (χ0v) is 18.6. The Balaban J connectivity index is 1.43. The van der Waals surface area contributed by atoms with Crippen molar-refractivity contribution < 1.29 is 32.0 Å². The molecular weight excluding hydrogens is 465 g/mol. The highest BCUT2D eigenvalue weighted by molar-refractivity contribution is 6.00. The van der Waals surface area contributed by atoms with Crippen molar-refractivity contribution >= 4 is 29.2 Å². The zero-order valence-electron chi connectivity index (χ0n) is 18.6. The van der Waals surface area contributed by atoms with E-state index in [1.807, 2.05) is 0 Å². The third-order valence-corrected chi connectivity index (χ3v) is 5.41. The van der Waals surface area contributed by atoms with Crippen LogP contribution >= 0.6 is 0 Å². The number of amides is 3. The molecule has 4 N–H and O–H groups in total. The van der Waals surface area contributed by atoms with E-state index in [0.29, 0.717) is 5.56 Å². The lowest BCUT2D eigenvalue weighted by Gasteiger charge is -2.14. The van der Waals surface area contributed by atoms with Crippen LogP contribution in [0.1, 0.15) is 30.0 Å². The van der Waals surface area contributed by atoms with Gasteiger partial charge in [-0.2, -0.15) is 13.2 Å². The van der Waals surface area contributed by atoms with E-state index >= 15 is 0 Å². The average molecular weight is 489 g/mol. The summed E-state index contributed by atoms with van der Waals surface area (Å²) in [5.41, 5.74) is -0.560. The fourth-order valence-electron chi connectivity index (χ4n) is 3.75. The van der Waals surface area contributed by atoms with Crippen LogP contribution in [0.25, 0.3) is 0 Å². The van der Waals surface area contributed by atoms with Gasteiger partial charge < -0.3 is 16.0 Å². The summed E-state index contributed by atoms with van der Waals surface area (Å²) in [6.07, 6.45) is -1.46. The summed E-state index contributed by atoms with van der Waals surface area (Å²) in [6.45, 7) is 1.68. The molecule has 35 heavy (non-hydrogen) atoms. The van der Waals surface area contributed by atoms with Crippen LogP contribution < -0.4 is 25.9 Å². The summed E-state index contributed by atoms with van der Waals surface area (Å²) in [5.74, 6) is -0.445. The molecule has 0 aliphatic carbocycles. The number of carbonyl (C=O) groups excluding carboxylic acids is 2. The Morgan fingerprint density at radius 3 is 2.40 bits per heavy atom. The maximum Gasteiger partial charge on any atom is 0.416 e. The van der Waals surface area contributed by atoms with Gasteiger partial charge in [-0.1, -0.05) is 30.3 Å². The SMILES string of the molecule is O=C(Cc1ccccc1)Nc1cc(NC(=O)Nc2c[n+](C3CCNCC3)no2)cc(C(F)(F)F)c1. The van der Waals surface area contributed by atoms with Crippen LogP contribution in [-0.4, -0.2) is 30.3 Å². The number of anilines is 3.